The molecule has 0 heterocycles. The van der Waals surface area contributed by atoms with E-state index in [-0.39, 0.29) is 25.2 Å². The van der Waals surface area contributed by atoms with Gasteiger partial charge < -0.3 is 14.2 Å². The largest absolute Gasteiger partial charge is 0.462 e. The molecule has 0 spiro atoms. The highest BCUT2D eigenvalue weighted by atomic mass is 16.6. The normalized spacial score (nSPS) is 13.0. The molecule has 0 aliphatic carbocycles. The molecule has 5 nitrogen and oxygen atoms in total. The van der Waals surface area contributed by atoms with Crippen LogP contribution in [-0.2, 0) is 23.8 Å². The summed E-state index contributed by atoms with van der Waals surface area (Å²) in [4.78, 5) is 25.2. The van der Waals surface area contributed by atoms with E-state index in [1.165, 1.54) is 51.4 Å². The lowest BCUT2D eigenvalue weighted by atomic mass is 10.1. The maximum absolute atomic E-state index is 12.7. The van der Waals surface area contributed by atoms with Crippen molar-refractivity contribution >= 4 is 11.9 Å². The highest BCUT2D eigenvalue weighted by Crippen LogP contribution is 2.12. The van der Waals surface area contributed by atoms with Gasteiger partial charge in [-0.3, -0.25) is 9.59 Å². The number of unbranched alkanes of at least 4 members (excludes halogenated alkanes) is 16. The molecule has 1 unspecified atom stereocenters. The number of hydrogen-bond donors (Lipinski definition) is 0. The number of rotatable bonds is 41. The smallest absolute Gasteiger partial charge is 0.306 e. The summed E-state index contributed by atoms with van der Waals surface area (Å²) in [7, 11) is 0. The van der Waals surface area contributed by atoms with E-state index in [9.17, 15) is 9.59 Å². The first-order valence-corrected chi connectivity index (χ1v) is 23.1. The van der Waals surface area contributed by atoms with Crippen LogP contribution >= 0.6 is 0 Å². The third kappa shape index (κ3) is 43.8. The van der Waals surface area contributed by atoms with Gasteiger partial charge in [0.1, 0.15) is 6.61 Å². The Bertz CT molecular complexity index is 1060. The number of allylic oxidation sites excluding steroid dienone is 14. The summed E-state index contributed by atoms with van der Waals surface area (Å²) in [6.45, 7) is 7.50. The number of esters is 2. The molecule has 0 aromatic heterocycles. The van der Waals surface area contributed by atoms with Gasteiger partial charge in [0.05, 0.1) is 6.61 Å². The maximum Gasteiger partial charge on any atom is 0.306 e. The summed E-state index contributed by atoms with van der Waals surface area (Å²) in [6.07, 6.45) is 60.1. The fraction of sp³-hybridized carbons (Fsp3) is 0.686. The lowest BCUT2D eigenvalue weighted by molar-refractivity contribution is -0.163. The number of hydrogen-bond acceptors (Lipinski definition) is 5. The van der Waals surface area contributed by atoms with E-state index >= 15 is 0 Å². The average Bonchev–Trinajstić information content (AvgIpc) is 3.20. The predicted molar refractivity (Wildman–Crippen MR) is 242 cm³/mol. The Morgan fingerprint density at radius 3 is 1.38 bits per heavy atom. The standard InChI is InChI=1S/C51H86O5/c1-4-7-10-13-16-19-22-24-25-26-28-31-34-37-40-43-46-54-47-49(56-51(53)45-42-39-36-33-29-21-18-15-12-9-6-3)48-55-50(52)44-41-38-35-32-30-27-23-20-17-14-11-8-5-2/h7,10-11,14-16,18-20,23-25,28,31,49H,4-6,8-9,12-13,17,21-22,26-27,29-30,32-48H2,1-3H3/b10-7-,14-11-,18-15-,19-16-,23-20-,25-24-,31-28-. The van der Waals surface area contributed by atoms with Gasteiger partial charge in [-0.25, -0.2) is 0 Å². The Morgan fingerprint density at radius 1 is 0.411 bits per heavy atom. The molecule has 56 heavy (non-hydrogen) atoms. The molecule has 5 heteroatoms. The van der Waals surface area contributed by atoms with Gasteiger partial charge in [-0.05, 0) is 103 Å². The Balaban J connectivity index is 4.36. The van der Waals surface area contributed by atoms with Crippen molar-refractivity contribution in [1.29, 1.82) is 0 Å². The lowest BCUT2D eigenvalue weighted by Gasteiger charge is -2.18. The minimum Gasteiger partial charge on any atom is -0.462 e. The molecule has 0 aromatic rings. The number of ether oxygens (including phenoxy) is 3. The van der Waals surface area contributed by atoms with Gasteiger partial charge in [-0.2, -0.15) is 0 Å². The third-order valence-corrected chi connectivity index (χ3v) is 9.37. The van der Waals surface area contributed by atoms with Crippen LogP contribution in [0.25, 0.3) is 0 Å². The molecule has 0 aliphatic rings. The maximum atomic E-state index is 12.7. The molecule has 0 amide bonds. The fourth-order valence-electron chi connectivity index (χ4n) is 5.93. The first-order chi connectivity index (χ1) is 27.6. The van der Waals surface area contributed by atoms with Crippen LogP contribution in [0.4, 0.5) is 0 Å². The molecular formula is C51H86O5. The minimum absolute atomic E-state index is 0.0577. The SMILES string of the molecule is CC/C=C\C/C=C\C/C=C\C/C=C\CCCCCOCC(COC(=O)CCCCCCC/C=C\C/C=C\CCC)OC(=O)CCCCCCC/C=C\CCCC. The Kier molecular flexibility index (Phi) is 44.0. The molecule has 0 radical (unpaired) electrons. The summed E-state index contributed by atoms with van der Waals surface area (Å²) in [6, 6.07) is 0. The summed E-state index contributed by atoms with van der Waals surface area (Å²) in [5.41, 5.74) is 0. The van der Waals surface area contributed by atoms with Gasteiger partial charge in [0.2, 0.25) is 0 Å². The third-order valence-electron chi connectivity index (χ3n) is 9.37. The summed E-state index contributed by atoms with van der Waals surface area (Å²) < 4.78 is 17.3. The van der Waals surface area contributed by atoms with Crippen LogP contribution in [0.15, 0.2) is 85.1 Å². The Labute approximate surface area is 346 Å². The van der Waals surface area contributed by atoms with Crippen molar-refractivity contribution in [2.75, 3.05) is 19.8 Å². The van der Waals surface area contributed by atoms with E-state index in [1.54, 1.807) is 0 Å². The zero-order valence-electron chi connectivity index (χ0n) is 36.6. The van der Waals surface area contributed by atoms with Crippen molar-refractivity contribution in [1.82, 2.24) is 0 Å². The van der Waals surface area contributed by atoms with Crippen molar-refractivity contribution in [3.05, 3.63) is 85.1 Å². The number of carbonyl (C=O) groups is 2. The molecule has 0 aliphatic heterocycles. The second-order valence-electron chi connectivity index (χ2n) is 14.9. The van der Waals surface area contributed by atoms with Crippen LogP contribution in [0.1, 0.15) is 201 Å². The van der Waals surface area contributed by atoms with Crippen molar-refractivity contribution in [3.63, 3.8) is 0 Å². The molecule has 0 fully saturated rings. The highest BCUT2D eigenvalue weighted by molar-refractivity contribution is 5.70. The van der Waals surface area contributed by atoms with E-state index in [4.69, 9.17) is 14.2 Å². The van der Waals surface area contributed by atoms with Gasteiger partial charge in [0, 0.05) is 19.4 Å². The predicted octanol–water partition coefficient (Wildman–Crippen LogP) is 15.3. The zero-order valence-corrected chi connectivity index (χ0v) is 36.6. The number of carbonyl (C=O) groups excluding carboxylic acids is 2. The quantitative estimate of drug-likeness (QED) is 0.0351. The van der Waals surface area contributed by atoms with Gasteiger partial charge in [0.25, 0.3) is 0 Å². The van der Waals surface area contributed by atoms with Crippen LogP contribution < -0.4 is 0 Å². The highest BCUT2D eigenvalue weighted by Gasteiger charge is 2.17. The van der Waals surface area contributed by atoms with Crippen LogP contribution in [0, 0.1) is 0 Å². The molecule has 0 rings (SSSR count). The van der Waals surface area contributed by atoms with Gasteiger partial charge in [-0.15, -0.1) is 0 Å². The fourth-order valence-corrected chi connectivity index (χ4v) is 5.93. The van der Waals surface area contributed by atoms with E-state index < -0.39 is 6.10 Å². The molecular weight excluding hydrogens is 693 g/mol. The topological polar surface area (TPSA) is 61.8 Å². The molecule has 0 bridgehead atoms. The molecule has 320 valence electrons. The van der Waals surface area contributed by atoms with Crippen LogP contribution in [0.3, 0.4) is 0 Å². The first kappa shape index (κ1) is 53.1. The van der Waals surface area contributed by atoms with Crippen molar-refractivity contribution in [2.24, 2.45) is 0 Å². The zero-order chi connectivity index (χ0) is 40.7. The van der Waals surface area contributed by atoms with Crippen LogP contribution in [0.5, 0.6) is 0 Å². The van der Waals surface area contributed by atoms with E-state index in [2.05, 4.69) is 106 Å². The van der Waals surface area contributed by atoms with Gasteiger partial charge in [-0.1, -0.05) is 170 Å². The van der Waals surface area contributed by atoms with Crippen molar-refractivity contribution < 1.29 is 23.8 Å². The Morgan fingerprint density at radius 2 is 0.839 bits per heavy atom. The second kappa shape index (κ2) is 46.5. The van der Waals surface area contributed by atoms with E-state index in [0.29, 0.717) is 19.4 Å². The summed E-state index contributed by atoms with van der Waals surface area (Å²) >= 11 is 0. The van der Waals surface area contributed by atoms with Gasteiger partial charge >= 0.3 is 11.9 Å². The summed E-state index contributed by atoms with van der Waals surface area (Å²) in [5, 5.41) is 0. The van der Waals surface area contributed by atoms with E-state index in [0.717, 1.165) is 116 Å². The second-order valence-corrected chi connectivity index (χ2v) is 14.9. The molecule has 0 aromatic carbocycles. The Hall–Kier alpha value is -2.92. The van der Waals surface area contributed by atoms with Gasteiger partial charge in [0.15, 0.2) is 6.10 Å². The van der Waals surface area contributed by atoms with Crippen LogP contribution in [-0.4, -0.2) is 37.9 Å². The molecule has 1 atom stereocenters. The molecule has 0 saturated heterocycles. The monoisotopic (exact) mass is 779 g/mol. The first-order valence-electron chi connectivity index (χ1n) is 23.1. The van der Waals surface area contributed by atoms with Crippen molar-refractivity contribution in [3.8, 4) is 0 Å². The summed E-state index contributed by atoms with van der Waals surface area (Å²) in [5.74, 6) is -0.449. The molecule has 0 saturated carbocycles. The lowest BCUT2D eigenvalue weighted by Crippen LogP contribution is -2.30. The minimum atomic E-state index is -0.564. The molecule has 0 N–H and O–H groups in total. The van der Waals surface area contributed by atoms with E-state index in [1.807, 2.05) is 0 Å². The van der Waals surface area contributed by atoms with Crippen molar-refractivity contribution in [2.45, 2.75) is 207 Å². The average molecular weight is 779 g/mol. The van der Waals surface area contributed by atoms with Crippen LogP contribution in [0.2, 0.25) is 0 Å².